The van der Waals surface area contributed by atoms with E-state index in [1.54, 1.807) is 30.7 Å². The Hall–Kier alpha value is -3.54. The van der Waals surface area contributed by atoms with E-state index < -0.39 is 11.6 Å². The van der Waals surface area contributed by atoms with Crippen molar-refractivity contribution in [3.05, 3.63) is 36.8 Å². The fourth-order valence-corrected chi connectivity index (χ4v) is 3.23. The lowest BCUT2D eigenvalue weighted by Crippen LogP contribution is -2.51. The van der Waals surface area contributed by atoms with Crippen molar-refractivity contribution >= 4 is 22.8 Å². The molecule has 0 saturated carbocycles. The number of rotatable bonds is 3. The van der Waals surface area contributed by atoms with Crippen LogP contribution in [0.15, 0.2) is 36.8 Å². The molecule has 8 nitrogen and oxygen atoms in total. The molecule has 0 aliphatic carbocycles. The topological polar surface area (TPSA) is 111 Å². The molecule has 1 atom stereocenters. The van der Waals surface area contributed by atoms with Gasteiger partial charge in [0.15, 0.2) is 6.19 Å². The summed E-state index contributed by atoms with van der Waals surface area (Å²) >= 11 is 0. The van der Waals surface area contributed by atoms with Crippen molar-refractivity contribution in [1.29, 1.82) is 5.26 Å². The zero-order valence-corrected chi connectivity index (χ0v) is 14.3. The van der Waals surface area contributed by atoms with Crippen LogP contribution in [0.5, 0.6) is 0 Å². The van der Waals surface area contributed by atoms with Gasteiger partial charge in [-0.1, -0.05) is 0 Å². The number of fused-ring (bicyclic) bond motifs is 1. The monoisotopic (exact) mass is 365 g/mol. The van der Waals surface area contributed by atoms with Gasteiger partial charge >= 0.3 is 0 Å². The highest BCUT2D eigenvalue weighted by Gasteiger charge is 2.42. The summed E-state index contributed by atoms with van der Waals surface area (Å²) in [5, 5.41) is 18.3. The molecular weight excluding hydrogens is 349 g/mol. The smallest absolute Gasteiger partial charge is 0.265 e. The molecule has 1 amide bonds. The third-order valence-electron chi connectivity index (χ3n) is 4.65. The average Bonchev–Trinajstić information content (AvgIpc) is 3.17. The minimum atomic E-state index is -2.10. The SMILES string of the molecule is N#CN1CCC[C@](F)(C(=O)Nc2ccc(-c3ccnc4cn[nH]c34)cn2)C1. The standard InChI is InChI=1S/C18H16FN7O/c19-18(5-1-7-26(10-18)11-20)17(27)24-15-3-2-12(8-22-15)13-4-6-21-14-9-23-25-16(13)14/h2-4,6,8-9H,1,5,7,10H2,(H,23,25)(H,22,24,27)/t18-/m1/s1. The Labute approximate surface area is 154 Å². The van der Waals surface area contributed by atoms with Crippen LogP contribution in [-0.2, 0) is 4.79 Å². The van der Waals surface area contributed by atoms with Crippen LogP contribution in [-0.4, -0.2) is 49.7 Å². The molecule has 27 heavy (non-hydrogen) atoms. The lowest BCUT2D eigenvalue weighted by atomic mass is 9.94. The molecule has 0 aromatic carbocycles. The van der Waals surface area contributed by atoms with Gasteiger partial charge in [-0.25, -0.2) is 9.37 Å². The van der Waals surface area contributed by atoms with Gasteiger partial charge in [0.2, 0.25) is 5.67 Å². The molecule has 4 heterocycles. The first-order valence-corrected chi connectivity index (χ1v) is 8.49. The molecule has 3 aromatic heterocycles. The van der Waals surface area contributed by atoms with E-state index in [1.807, 2.05) is 12.3 Å². The molecule has 1 fully saturated rings. The predicted octanol–water partition coefficient (Wildman–Crippen LogP) is 2.24. The first kappa shape index (κ1) is 16.9. The van der Waals surface area contributed by atoms with Gasteiger partial charge in [-0.3, -0.25) is 14.9 Å². The minimum Gasteiger partial charge on any atom is -0.308 e. The Kier molecular flexibility index (Phi) is 4.16. The van der Waals surface area contributed by atoms with Crippen molar-refractivity contribution < 1.29 is 9.18 Å². The molecule has 1 aliphatic rings. The highest BCUT2D eigenvalue weighted by atomic mass is 19.1. The Morgan fingerprint density at radius 2 is 2.22 bits per heavy atom. The van der Waals surface area contributed by atoms with Crippen LogP contribution < -0.4 is 5.32 Å². The van der Waals surface area contributed by atoms with Crippen LogP contribution in [0.1, 0.15) is 12.8 Å². The van der Waals surface area contributed by atoms with E-state index in [1.165, 1.54) is 4.90 Å². The van der Waals surface area contributed by atoms with Crippen molar-refractivity contribution in [3.8, 4) is 17.3 Å². The lowest BCUT2D eigenvalue weighted by molar-refractivity contribution is -0.130. The number of likely N-dealkylation sites (tertiary alicyclic amines) is 1. The van der Waals surface area contributed by atoms with E-state index in [0.29, 0.717) is 13.0 Å². The number of H-pyrrole nitrogens is 1. The number of alkyl halides is 1. The number of nitrogens with zero attached hydrogens (tertiary/aromatic N) is 5. The number of carbonyl (C=O) groups excluding carboxylic acids is 1. The molecule has 0 unspecified atom stereocenters. The van der Waals surface area contributed by atoms with E-state index in [0.717, 1.165) is 22.2 Å². The van der Waals surface area contributed by atoms with Gasteiger partial charge < -0.3 is 10.2 Å². The lowest BCUT2D eigenvalue weighted by Gasteiger charge is -2.33. The number of hydrogen-bond acceptors (Lipinski definition) is 6. The maximum atomic E-state index is 14.9. The number of nitrogens with one attached hydrogen (secondary N) is 2. The van der Waals surface area contributed by atoms with E-state index in [4.69, 9.17) is 5.26 Å². The molecule has 0 spiro atoms. The molecule has 2 N–H and O–H groups in total. The number of amides is 1. The first-order valence-electron chi connectivity index (χ1n) is 8.49. The second-order valence-electron chi connectivity index (χ2n) is 6.47. The Morgan fingerprint density at radius 3 is 3.00 bits per heavy atom. The third-order valence-corrected chi connectivity index (χ3v) is 4.65. The van der Waals surface area contributed by atoms with E-state index in [-0.39, 0.29) is 18.8 Å². The number of aromatic nitrogens is 4. The van der Waals surface area contributed by atoms with Gasteiger partial charge in [0.05, 0.1) is 18.3 Å². The number of carbonyl (C=O) groups is 1. The summed E-state index contributed by atoms with van der Waals surface area (Å²) in [6.07, 6.45) is 7.35. The molecule has 4 rings (SSSR count). The van der Waals surface area contributed by atoms with Crippen LogP contribution >= 0.6 is 0 Å². The number of piperidine rings is 1. The Balaban J connectivity index is 1.52. The van der Waals surface area contributed by atoms with Gasteiger partial charge in [-0.2, -0.15) is 10.4 Å². The first-order chi connectivity index (χ1) is 13.1. The molecule has 0 radical (unpaired) electrons. The van der Waals surface area contributed by atoms with E-state index in [2.05, 4.69) is 25.5 Å². The number of hydrogen-bond donors (Lipinski definition) is 2. The maximum absolute atomic E-state index is 14.9. The quantitative estimate of drug-likeness (QED) is 0.689. The zero-order chi connectivity index (χ0) is 18.9. The van der Waals surface area contributed by atoms with Crippen molar-refractivity contribution in [2.24, 2.45) is 0 Å². The van der Waals surface area contributed by atoms with Crippen LogP contribution in [0.25, 0.3) is 22.2 Å². The summed E-state index contributed by atoms with van der Waals surface area (Å²) in [6.45, 7) is 0.235. The zero-order valence-electron chi connectivity index (χ0n) is 14.3. The van der Waals surface area contributed by atoms with Gasteiger partial charge in [0.25, 0.3) is 5.91 Å². The number of anilines is 1. The average molecular weight is 365 g/mol. The molecular formula is C18H16FN7O. The summed E-state index contributed by atoms with van der Waals surface area (Å²) in [7, 11) is 0. The Bertz CT molecular complexity index is 1030. The predicted molar refractivity (Wildman–Crippen MR) is 96.0 cm³/mol. The minimum absolute atomic E-state index is 0.0872. The Morgan fingerprint density at radius 1 is 1.33 bits per heavy atom. The van der Waals surface area contributed by atoms with Crippen LogP contribution in [0.3, 0.4) is 0 Å². The van der Waals surface area contributed by atoms with Crippen molar-refractivity contribution in [3.63, 3.8) is 0 Å². The largest absolute Gasteiger partial charge is 0.308 e. The highest BCUT2D eigenvalue weighted by molar-refractivity contribution is 5.97. The van der Waals surface area contributed by atoms with Crippen LogP contribution in [0, 0.1) is 11.5 Å². The molecule has 1 saturated heterocycles. The van der Waals surface area contributed by atoms with E-state index in [9.17, 15) is 9.18 Å². The summed E-state index contributed by atoms with van der Waals surface area (Å²) in [4.78, 5) is 22.1. The molecule has 136 valence electrons. The maximum Gasteiger partial charge on any atom is 0.265 e. The summed E-state index contributed by atoms with van der Waals surface area (Å²) in [5.41, 5.74) is 1.12. The second-order valence-corrected chi connectivity index (χ2v) is 6.47. The van der Waals surface area contributed by atoms with Crippen molar-refractivity contribution in [1.82, 2.24) is 25.1 Å². The third kappa shape index (κ3) is 3.17. The summed E-state index contributed by atoms with van der Waals surface area (Å²) in [6, 6.07) is 5.24. The molecule has 1 aliphatic heterocycles. The molecule has 0 bridgehead atoms. The number of nitriles is 1. The number of aromatic amines is 1. The molecule has 9 heteroatoms. The normalized spacial score (nSPS) is 19.6. The van der Waals surface area contributed by atoms with Crippen LogP contribution in [0.4, 0.5) is 10.2 Å². The van der Waals surface area contributed by atoms with Crippen molar-refractivity contribution in [2.45, 2.75) is 18.5 Å². The fraction of sp³-hybridized carbons (Fsp3) is 0.278. The molecule has 3 aromatic rings. The van der Waals surface area contributed by atoms with Gasteiger partial charge in [0, 0.05) is 30.1 Å². The highest BCUT2D eigenvalue weighted by Crippen LogP contribution is 2.28. The van der Waals surface area contributed by atoms with Gasteiger partial charge in [0.1, 0.15) is 11.3 Å². The van der Waals surface area contributed by atoms with Gasteiger partial charge in [-0.05, 0) is 31.0 Å². The summed E-state index contributed by atoms with van der Waals surface area (Å²) in [5.74, 6) is -0.521. The second kappa shape index (κ2) is 6.64. The number of pyridine rings is 2. The fourth-order valence-electron chi connectivity index (χ4n) is 3.23. The number of halogens is 1. The van der Waals surface area contributed by atoms with Crippen LogP contribution in [0.2, 0.25) is 0 Å². The van der Waals surface area contributed by atoms with Crippen molar-refractivity contribution in [2.75, 3.05) is 18.4 Å². The van der Waals surface area contributed by atoms with Gasteiger partial charge in [-0.15, -0.1) is 0 Å². The summed E-state index contributed by atoms with van der Waals surface area (Å²) < 4.78 is 14.9. The van der Waals surface area contributed by atoms with E-state index >= 15 is 0 Å².